The fraction of sp³-hybridized carbons (Fsp3) is 0.125. The first kappa shape index (κ1) is 16.5. The Kier molecular flexibility index (Phi) is 4.17. The second-order valence-corrected chi connectivity index (χ2v) is 7.82. The number of benzene rings is 3. The number of fused-ring (bicyclic) bond motifs is 3. The molecule has 0 radical (unpaired) electrons. The van der Waals surface area contributed by atoms with E-state index in [1.165, 1.54) is 33.3 Å². The molecular weight excluding hydrogens is 396 g/mol. The summed E-state index contributed by atoms with van der Waals surface area (Å²) in [6.45, 7) is 1.70. The Morgan fingerprint density at radius 1 is 0.852 bits per heavy atom. The lowest BCUT2D eigenvalue weighted by atomic mass is 9.98. The predicted molar refractivity (Wildman–Crippen MR) is 116 cm³/mol. The highest BCUT2D eigenvalue weighted by molar-refractivity contribution is 9.10. The summed E-state index contributed by atoms with van der Waals surface area (Å²) in [5.74, 6) is 0. The van der Waals surface area contributed by atoms with Gasteiger partial charge >= 0.3 is 0 Å². The number of hydrogen-bond donors (Lipinski definition) is 0. The molecule has 1 aliphatic rings. The summed E-state index contributed by atoms with van der Waals surface area (Å²) in [6.07, 6.45) is 0.998. The minimum Gasteiger partial charge on any atom is -0.334 e. The van der Waals surface area contributed by atoms with E-state index in [4.69, 9.17) is 4.99 Å². The Morgan fingerprint density at radius 3 is 2.41 bits per heavy atom. The summed E-state index contributed by atoms with van der Waals surface area (Å²) in [6, 6.07) is 27.9. The SMILES string of the molecule is Brc1ccc(C2=NCCc3c2n(Cc2ccccc2)c2ccccc32)cc1. The van der Waals surface area contributed by atoms with Gasteiger partial charge < -0.3 is 4.57 Å². The smallest absolute Gasteiger partial charge is 0.0886 e. The molecule has 0 bridgehead atoms. The van der Waals surface area contributed by atoms with Gasteiger partial charge in [-0.3, -0.25) is 4.99 Å². The minimum absolute atomic E-state index is 0.845. The molecule has 0 saturated carbocycles. The maximum absolute atomic E-state index is 4.95. The van der Waals surface area contributed by atoms with Crippen molar-refractivity contribution in [3.05, 3.63) is 106 Å². The van der Waals surface area contributed by atoms with E-state index < -0.39 is 0 Å². The second-order valence-electron chi connectivity index (χ2n) is 6.90. The van der Waals surface area contributed by atoms with Crippen LogP contribution in [-0.2, 0) is 13.0 Å². The average molecular weight is 415 g/mol. The normalized spacial score (nSPS) is 13.4. The fourth-order valence-electron chi connectivity index (χ4n) is 4.02. The summed E-state index contributed by atoms with van der Waals surface area (Å²) < 4.78 is 3.53. The lowest BCUT2D eigenvalue weighted by Gasteiger charge is -2.18. The van der Waals surface area contributed by atoms with E-state index in [9.17, 15) is 0 Å². The number of aromatic nitrogens is 1. The lowest BCUT2D eigenvalue weighted by molar-refractivity contribution is 0.807. The van der Waals surface area contributed by atoms with E-state index in [-0.39, 0.29) is 0 Å². The largest absolute Gasteiger partial charge is 0.334 e. The zero-order chi connectivity index (χ0) is 18.2. The first-order valence-corrected chi connectivity index (χ1v) is 10.1. The van der Waals surface area contributed by atoms with Crippen LogP contribution in [0.5, 0.6) is 0 Å². The molecule has 1 aromatic heterocycles. The molecule has 0 spiro atoms. The molecule has 2 nitrogen and oxygen atoms in total. The summed E-state index contributed by atoms with van der Waals surface area (Å²) in [4.78, 5) is 4.95. The van der Waals surface area contributed by atoms with E-state index in [1.807, 2.05) is 0 Å². The molecule has 132 valence electrons. The van der Waals surface area contributed by atoms with Crippen LogP contribution in [0.1, 0.15) is 22.4 Å². The molecular formula is C24H19BrN2. The topological polar surface area (TPSA) is 17.3 Å². The Labute approximate surface area is 167 Å². The molecule has 0 saturated heterocycles. The first-order chi connectivity index (χ1) is 13.3. The van der Waals surface area contributed by atoms with E-state index in [2.05, 4.69) is 99.4 Å². The van der Waals surface area contributed by atoms with Crippen LogP contribution in [0.3, 0.4) is 0 Å². The number of nitrogens with zero attached hydrogens (tertiary/aromatic N) is 2. The maximum atomic E-state index is 4.95. The van der Waals surface area contributed by atoms with Crippen molar-refractivity contribution in [2.75, 3.05) is 6.54 Å². The quantitative estimate of drug-likeness (QED) is 0.400. The molecule has 1 aliphatic heterocycles. The third-order valence-electron chi connectivity index (χ3n) is 5.23. The molecule has 27 heavy (non-hydrogen) atoms. The van der Waals surface area contributed by atoms with Crippen molar-refractivity contribution in [1.29, 1.82) is 0 Å². The van der Waals surface area contributed by atoms with Gasteiger partial charge in [0.15, 0.2) is 0 Å². The van der Waals surface area contributed by atoms with E-state index >= 15 is 0 Å². The van der Waals surface area contributed by atoms with Gasteiger partial charge in [-0.2, -0.15) is 0 Å². The van der Waals surface area contributed by atoms with E-state index in [0.717, 1.165) is 29.7 Å². The average Bonchev–Trinajstić information content (AvgIpc) is 3.04. The third kappa shape index (κ3) is 2.92. The number of halogens is 1. The zero-order valence-corrected chi connectivity index (χ0v) is 16.5. The highest BCUT2D eigenvalue weighted by atomic mass is 79.9. The van der Waals surface area contributed by atoms with Crippen LogP contribution in [-0.4, -0.2) is 16.8 Å². The van der Waals surface area contributed by atoms with Crippen molar-refractivity contribution in [2.45, 2.75) is 13.0 Å². The third-order valence-corrected chi connectivity index (χ3v) is 5.76. The predicted octanol–water partition coefficient (Wildman–Crippen LogP) is 5.85. The van der Waals surface area contributed by atoms with E-state index in [1.54, 1.807) is 0 Å². The molecule has 4 aromatic rings. The van der Waals surface area contributed by atoms with Crippen LogP contribution in [0.2, 0.25) is 0 Å². The van der Waals surface area contributed by atoms with Gasteiger partial charge in [0, 0.05) is 34.0 Å². The second kappa shape index (κ2) is 6.82. The van der Waals surface area contributed by atoms with Gasteiger partial charge in [-0.1, -0.05) is 76.6 Å². The van der Waals surface area contributed by atoms with Crippen molar-refractivity contribution in [3.8, 4) is 0 Å². The molecule has 0 N–H and O–H groups in total. The van der Waals surface area contributed by atoms with Crippen LogP contribution in [0.15, 0.2) is 88.3 Å². The Hall–Kier alpha value is -2.65. The van der Waals surface area contributed by atoms with Gasteiger partial charge in [0.05, 0.1) is 11.4 Å². The Balaban J connectivity index is 1.74. The summed E-state index contributed by atoms with van der Waals surface area (Å²) in [5, 5.41) is 1.35. The standard InChI is InChI=1S/C24H19BrN2/c25-19-12-10-18(11-13-19)23-24-21(14-15-26-23)20-8-4-5-9-22(20)27(24)16-17-6-2-1-3-7-17/h1-13H,14-16H2. The van der Waals surface area contributed by atoms with Crippen LogP contribution in [0.4, 0.5) is 0 Å². The van der Waals surface area contributed by atoms with Gasteiger partial charge in [-0.25, -0.2) is 0 Å². The van der Waals surface area contributed by atoms with Gasteiger partial charge in [0.1, 0.15) is 0 Å². The van der Waals surface area contributed by atoms with Crippen LogP contribution in [0, 0.1) is 0 Å². The molecule has 0 atom stereocenters. The molecule has 2 heterocycles. The summed E-state index contributed by atoms with van der Waals surface area (Å²) in [5.41, 5.74) is 7.58. The molecule has 0 unspecified atom stereocenters. The number of para-hydroxylation sites is 1. The number of hydrogen-bond acceptors (Lipinski definition) is 1. The fourth-order valence-corrected chi connectivity index (χ4v) is 4.28. The summed E-state index contributed by atoms with van der Waals surface area (Å²) >= 11 is 3.54. The molecule has 0 fully saturated rings. The molecule has 5 rings (SSSR count). The number of rotatable bonds is 3. The Morgan fingerprint density at radius 2 is 1.59 bits per heavy atom. The van der Waals surface area contributed by atoms with Crippen molar-refractivity contribution in [2.24, 2.45) is 4.99 Å². The minimum atomic E-state index is 0.845. The molecule has 0 amide bonds. The van der Waals surface area contributed by atoms with Gasteiger partial charge in [0.25, 0.3) is 0 Å². The zero-order valence-electron chi connectivity index (χ0n) is 14.9. The molecule has 3 heteroatoms. The van der Waals surface area contributed by atoms with Crippen molar-refractivity contribution >= 4 is 32.5 Å². The van der Waals surface area contributed by atoms with Crippen molar-refractivity contribution < 1.29 is 0 Å². The van der Waals surface area contributed by atoms with Crippen LogP contribution >= 0.6 is 15.9 Å². The summed E-state index contributed by atoms with van der Waals surface area (Å²) in [7, 11) is 0. The maximum Gasteiger partial charge on any atom is 0.0886 e. The van der Waals surface area contributed by atoms with Gasteiger partial charge in [0.2, 0.25) is 0 Å². The highest BCUT2D eigenvalue weighted by Gasteiger charge is 2.24. The van der Waals surface area contributed by atoms with Crippen LogP contribution in [0.25, 0.3) is 10.9 Å². The molecule has 3 aromatic carbocycles. The van der Waals surface area contributed by atoms with Crippen molar-refractivity contribution in [1.82, 2.24) is 4.57 Å². The molecule has 0 aliphatic carbocycles. The first-order valence-electron chi connectivity index (χ1n) is 9.26. The van der Waals surface area contributed by atoms with E-state index in [0.29, 0.717) is 0 Å². The monoisotopic (exact) mass is 414 g/mol. The lowest BCUT2D eigenvalue weighted by Crippen LogP contribution is -2.18. The van der Waals surface area contributed by atoms with Gasteiger partial charge in [-0.05, 0) is 35.7 Å². The van der Waals surface area contributed by atoms with Crippen molar-refractivity contribution in [3.63, 3.8) is 0 Å². The van der Waals surface area contributed by atoms with Crippen LogP contribution < -0.4 is 0 Å². The number of aliphatic imine (C=N–C) groups is 1. The van der Waals surface area contributed by atoms with Gasteiger partial charge in [-0.15, -0.1) is 0 Å². The highest BCUT2D eigenvalue weighted by Crippen LogP contribution is 2.32. The Bertz CT molecular complexity index is 1140.